The standard InChI is InChI=1S/C32H37N7O3/c1-4-29(41)39-15-14-38(18-25(39)16-33-2)31-26-19-37(17-23-10-5-8-22-9-6-12-28(40)30(22)23)20-27(26)34-32(35-31)42-21-24-11-7-13-36(24)3/h4-6,8-10,12,24-25,40H,1,7,11,13-21H2,3H3/t24-,25-/m0/s1. The molecule has 1 amide bonds. The highest BCUT2D eigenvalue weighted by Gasteiger charge is 2.35. The number of hydrogen-bond donors (Lipinski definition) is 1. The lowest BCUT2D eigenvalue weighted by Crippen LogP contribution is -2.56. The van der Waals surface area contributed by atoms with Crippen LogP contribution in [-0.2, 0) is 24.4 Å². The molecule has 1 aromatic heterocycles. The van der Waals surface area contributed by atoms with Crippen LogP contribution in [-0.4, -0.2) is 94.1 Å². The highest BCUT2D eigenvalue weighted by Crippen LogP contribution is 2.35. The smallest absolute Gasteiger partial charge is 0.318 e. The van der Waals surface area contributed by atoms with E-state index in [2.05, 4.69) is 39.2 Å². The van der Waals surface area contributed by atoms with Gasteiger partial charge in [0.05, 0.1) is 5.69 Å². The van der Waals surface area contributed by atoms with E-state index >= 15 is 0 Å². The lowest BCUT2D eigenvalue weighted by Gasteiger charge is -2.40. The quantitative estimate of drug-likeness (QED) is 0.327. The van der Waals surface area contributed by atoms with Gasteiger partial charge in [0, 0.05) is 56.3 Å². The minimum absolute atomic E-state index is 0.148. The Morgan fingerprint density at radius 2 is 2.00 bits per heavy atom. The topological polar surface area (TPSA) is 89.6 Å². The van der Waals surface area contributed by atoms with Gasteiger partial charge in [0.15, 0.2) is 0 Å². The zero-order valence-corrected chi connectivity index (χ0v) is 24.1. The van der Waals surface area contributed by atoms with E-state index in [0.29, 0.717) is 57.9 Å². The molecular formula is C32H37N7O3. The fraction of sp³-hybridized carbons (Fsp3) is 0.438. The number of aromatic nitrogens is 2. The largest absolute Gasteiger partial charge is 0.507 e. The van der Waals surface area contributed by atoms with E-state index in [4.69, 9.17) is 21.3 Å². The fourth-order valence-electron chi connectivity index (χ4n) is 6.56. The fourth-order valence-corrected chi connectivity index (χ4v) is 6.56. The Kier molecular flexibility index (Phi) is 7.96. The molecule has 3 aliphatic rings. The number of hydrogen-bond acceptors (Lipinski definition) is 8. The maximum atomic E-state index is 12.5. The summed E-state index contributed by atoms with van der Waals surface area (Å²) in [6.07, 6.45) is 3.58. The molecule has 0 aliphatic carbocycles. The Balaban J connectivity index is 1.29. The van der Waals surface area contributed by atoms with Crippen LogP contribution < -0.4 is 9.64 Å². The molecule has 0 unspecified atom stereocenters. The number of nitrogens with zero attached hydrogens (tertiary/aromatic N) is 7. The van der Waals surface area contributed by atoms with Crippen molar-refractivity contribution in [2.24, 2.45) is 0 Å². The molecule has 2 saturated heterocycles. The van der Waals surface area contributed by atoms with Gasteiger partial charge in [-0.3, -0.25) is 9.69 Å². The number of carbonyl (C=O) groups is 1. The molecule has 6 rings (SSSR count). The molecule has 218 valence electrons. The molecule has 3 aromatic rings. The normalized spacial score (nSPS) is 21.0. The zero-order chi connectivity index (χ0) is 29.2. The van der Waals surface area contributed by atoms with Gasteiger partial charge in [-0.2, -0.15) is 9.97 Å². The lowest BCUT2D eigenvalue weighted by molar-refractivity contribution is -0.128. The Morgan fingerprint density at radius 3 is 2.76 bits per heavy atom. The number of fused-ring (bicyclic) bond motifs is 2. The number of rotatable bonds is 8. The SMILES string of the molecule is [C-]#[N+]C[C@H]1CN(c2nc(OC[C@@H]3CCCN3C)nc3c2CN(Cc2cccc4cccc(O)c24)C3)CCN1C(=O)C=C. The van der Waals surface area contributed by atoms with E-state index in [1.165, 1.54) is 6.08 Å². The van der Waals surface area contributed by atoms with Crippen molar-refractivity contribution in [2.45, 2.75) is 44.6 Å². The van der Waals surface area contributed by atoms with Crippen molar-refractivity contribution in [3.05, 3.63) is 77.3 Å². The average Bonchev–Trinajstić information content (AvgIpc) is 3.60. The summed E-state index contributed by atoms with van der Waals surface area (Å²) < 4.78 is 6.23. The summed E-state index contributed by atoms with van der Waals surface area (Å²) in [7, 11) is 2.13. The highest BCUT2D eigenvalue weighted by atomic mass is 16.5. The Labute approximate surface area is 246 Å². The number of amides is 1. The van der Waals surface area contributed by atoms with E-state index in [0.717, 1.165) is 52.8 Å². The predicted molar refractivity (Wildman–Crippen MR) is 161 cm³/mol. The van der Waals surface area contributed by atoms with Gasteiger partial charge in [-0.05, 0) is 49.5 Å². The van der Waals surface area contributed by atoms with Gasteiger partial charge < -0.3 is 29.4 Å². The zero-order valence-electron chi connectivity index (χ0n) is 24.1. The minimum Gasteiger partial charge on any atom is -0.507 e. The first-order valence-corrected chi connectivity index (χ1v) is 14.6. The Bertz CT molecular complexity index is 1530. The molecular weight excluding hydrogens is 530 g/mol. The first-order valence-electron chi connectivity index (χ1n) is 14.6. The Morgan fingerprint density at radius 1 is 1.17 bits per heavy atom. The molecule has 2 fully saturated rings. The summed E-state index contributed by atoms with van der Waals surface area (Å²) in [6, 6.07) is 12.2. The van der Waals surface area contributed by atoms with E-state index in [9.17, 15) is 9.90 Å². The van der Waals surface area contributed by atoms with Gasteiger partial charge in [0.25, 0.3) is 0 Å². The van der Waals surface area contributed by atoms with Gasteiger partial charge in [-0.25, -0.2) is 6.57 Å². The van der Waals surface area contributed by atoms with Crippen molar-refractivity contribution in [3.63, 3.8) is 0 Å². The Hall–Kier alpha value is -4.20. The van der Waals surface area contributed by atoms with Gasteiger partial charge >= 0.3 is 6.01 Å². The highest BCUT2D eigenvalue weighted by molar-refractivity contribution is 5.91. The van der Waals surface area contributed by atoms with E-state index in [1.807, 2.05) is 24.3 Å². The van der Waals surface area contributed by atoms with Crippen LogP contribution in [0.3, 0.4) is 0 Å². The first kappa shape index (κ1) is 27.9. The van der Waals surface area contributed by atoms with Crippen LogP contribution in [0, 0.1) is 6.57 Å². The summed E-state index contributed by atoms with van der Waals surface area (Å²) in [5.74, 6) is 0.954. The molecule has 3 aliphatic heterocycles. The number of ether oxygens (including phenoxy) is 1. The summed E-state index contributed by atoms with van der Waals surface area (Å²) >= 11 is 0. The molecule has 2 atom stereocenters. The number of phenolic OH excluding ortho intramolecular Hbond substituents is 1. The van der Waals surface area contributed by atoms with Crippen molar-refractivity contribution in [1.29, 1.82) is 0 Å². The van der Waals surface area contributed by atoms with Crippen molar-refractivity contribution < 1.29 is 14.6 Å². The van der Waals surface area contributed by atoms with E-state index in [1.54, 1.807) is 11.0 Å². The van der Waals surface area contributed by atoms with Crippen LogP contribution in [0.2, 0.25) is 0 Å². The average molecular weight is 568 g/mol. The lowest BCUT2D eigenvalue weighted by atomic mass is 10.0. The van der Waals surface area contributed by atoms with Crippen molar-refractivity contribution >= 4 is 22.5 Å². The molecule has 42 heavy (non-hydrogen) atoms. The number of anilines is 1. The van der Waals surface area contributed by atoms with Crippen molar-refractivity contribution in [2.75, 3.05) is 51.3 Å². The predicted octanol–water partition coefficient (Wildman–Crippen LogP) is 3.45. The summed E-state index contributed by atoms with van der Waals surface area (Å²) in [4.78, 5) is 34.5. The molecule has 0 saturated carbocycles. The van der Waals surface area contributed by atoms with Gasteiger partial charge in [0.1, 0.15) is 24.2 Å². The molecule has 2 aromatic carbocycles. The van der Waals surface area contributed by atoms with E-state index < -0.39 is 0 Å². The number of phenols is 1. The van der Waals surface area contributed by atoms with Crippen LogP contribution >= 0.6 is 0 Å². The second-order valence-electron chi connectivity index (χ2n) is 11.5. The van der Waals surface area contributed by atoms with Crippen LogP contribution in [0.15, 0.2) is 49.1 Å². The molecule has 10 heteroatoms. The summed E-state index contributed by atoms with van der Waals surface area (Å²) in [5, 5.41) is 12.5. The van der Waals surface area contributed by atoms with Crippen LogP contribution in [0.5, 0.6) is 11.8 Å². The second kappa shape index (κ2) is 12.0. The van der Waals surface area contributed by atoms with Gasteiger partial charge in [-0.15, -0.1) is 0 Å². The molecule has 10 nitrogen and oxygen atoms in total. The van der Waals surface area contributed by atoms with Crippen molar-refractivity contribution in [1.82, 2.24) is 24.7 Å². The third kappa shape index (κ3) is 5.50. The third-order valence-corrected chi connectivity index (χ3v) is 8.79. The van der Waals surface area contributed by atoms with Crippen LogP contribution in [0.25, 0.3) is 15.6 Å². The molecule has 4 heterocycles. The van der Waals surface area contributed by atoms with Crippen molar-refractivity contribution in [3.8, 4) is 11.8 Å². The van der Waals surface area contributed by atoms with Gasteiger partial charge in [-0.1, -0.05) is 36.9 Å². The molecule has 0 radical (unpaired) electrons. The second-order valence-corrected chi connectivity index (χ2v) is 11.5. The number of carbonyl (C=O) groups excluding carboxylic acids is 1. The minimum atomic E-state index is -0.250. The number of piperazine rings is 1. The van der Waals surface area contributed by atoms with Crippen LogP contribution in [0.4, 0.5) is 5.82 Å². The van der Waals surface area contributed by atoms with E-state index in [-0.39, 0.29) is 24.2 Å². The summed E-state index contributed by atoms with van der Waals surface area (Å²) in [5.41, 5.74) is 3.04. The van der Waals surface area contributed by atoms with Crippen LogP contribution in [0.1, 0.15) is 29.7 Å². The third-order valence-electron chi connectivity index (χ3n) is 8.79. The maximum absolute atomic E-state index is 12.5. The first-order chi connectivity index (χ1) is 20.4. The number of likely N-dealkylation sites (tertiary alicyclic amines) is 1. The molecule has 0 spiro atoms. The van der Waals surface area contributed by atoms with Gasteiger partial charge in [0.2, 0.25) is 12.5 Å². The molecule has 1 N–H and O–H groups in total. The number of aromatic hydroxyl groups is 1. The number of benzene rings is 2. The number of likely N-dealkylation sites (N-methyl/N-ethyl adjacent to an activating group) is 1. The molecule has 0 bridgehead atoms. The monoisotopic (exact) mass is 567 g/mol. The maximum Gasteiger partial charge on any atom is 0.318 e. The summed E-state index contributed by atoms with van der Waals surface area (Å²) in [6.45, 7) is 16.5.